The number of amides is 1. The quantitative estimate of drug-likeness (QED) is 0.890. The maximum absolute atomic E-state index is 12.0. The molecule has 22 heavy (non-hydrogen) atoms. The zero-order chi connectivity index (χ0) is 16.0. The van der Waals surface area contributed by atoms with Crippen LogP contribution in [0.25, 0.3) is 0 Å². The number of nitrogens with one attached hydrogen (secondary N) is 1. The Balaban J connectivity index is 1.80. The summed E-state index contributed by atoms with van der Waals surface area (Å²) in [5.74, 6) is -0.691. The van der Waals surface area contributed by atoms with Crippen LogP contribution >= 0.6 is 0 Å². The highest BCUT2D eigenvalue weighted by molar-refractivity contribution is 5.92. The predicted octanol–water partition coefficient (Wildman–Crippen LogP) is 2.68. The number of halogens is 3. The molecule has 118 valence electrons. The summed E-state index contributed by atoms with van der Waals surface area (Å²) in [6.07, 6.45) is -4.47. The number of hydrogen-bond acceptors (Lipinski definition) is 4. The van der Waals surface area contributed by atoms with Gasteiger partial charge in [0, 0.05) is 6.07 Å². The van der Waals surface area contributed by atoms with Crippen molar-refractivity contribution in [2.24, 2.45) is 0 Å². The lowest BCUT2D eigenvalue weighted by atomic mass is 10.2. The number of carbonyl (C=O) groups excluding carboxylic acids is 1. The number of ether oxygens (including phenoxy) is 1. The van der Waals surface area contributed by atoms with E-state index in [1.165, 1.54) is 6.07 Å². The average Bonchev–Trinajstić information content (AvgIpc) is 2.94. The summed E-state index contributed by atoms with van der Waals surface area (Å²) in [5, 5.41) is 5.11. The van der Waals surface area contributed by atoms with Gasteiger partial charge in [-0.1, -0.05) is 35.5 Å². The second-order valence-electron chi connectivity index (χ2n) is 4.45. The molecule has 0 aliphatic heterocycles. The first kappa shape index (κ1) is 16.0. The first-order valence-electron chi connectivity index (χ1n) is 6.36. The molecule has 1 aromatic heterocycles. The fourth-order valence-corrected chi connectivity index (χ4v) is 1.60. The minimum Gasteiger partial charge on any atom is -0.369 e. The van der Waals surface area contributed by atoms with E-state index in [2.05, 4.69) is 5.16 Å². The smallest absolute Gasteiger partial charge is 0.369 e. The highest BCUT2D eigenvalue weighted by atomic mass is 19.4. The van der Waals surface area contributed by atoms with Gasteiger partial charge in [0.1, 0.15) is 13.2 Å². The normalized spacial score (nSPS) is 11.4. The van der Waals surface area contributed by atoms with Gasteiger partial charge in [-0.15, -0.1) is 0 Å². The molecular formula is C14H13F3N2O3. The second-order valence-corrected chi connectivity index (χ2v) is 4.45. The van der Waals surface area contributed by atoms with E-state index in [4.69, 9.17) is 9.26 Å². The third kappa shape index (κ3) is 5.21. The first-order valence-corrected chi connectivity index (χ1v) is 6.36. The van der Waals surface area contributed by atoms with Crippen molar-refractivity contribution in [1.82, 2.24) is 10.5 Å². The molecule has 0 radical (unpaired) electrons. The molecule has 0 bridgehead atoms. The molecule has 8 heteroatoms. The van der Waals surface area contributed by atoms with Crippen molar-refractivity contribution in [2.75, 3.05) is 6.54 Å². The van der Waals surface area contributed by atoms with E-state index < -0.39 is 18.6 Å². The number of nitrogens with zero attached hydrogens (tertiary/aromatic N) is 1. The maximum atomic E-state index is 12.0. The molecule has 1 amide bonds. The van der Waals surface area contributed by atoms with Gasteiger partial charge in [-0.3, -0.25) is 4.79 Å². The van der Waals surface area contributed by atoms with E-state index in [0.29, 0.717) is 6.61 Å². The van der Waals surface area contributed by atoms with Crippen molar-refractivity contribution in [1.29, 1.82) is 0 Å². The monoisotopic (exact) mass is 314 g/mol. The van der Waals surface area contributed by atoms with Crippen LogP contribution in [0.5, 0.6) is 0 Å². The van der Waals surface area contributed by atoms with E-state index in [1.54, 1.807) is 5.32 Å². The van der Waals surface area contributed by atoms with Crippen molar-refractivity contribution in [2.45, 2.75) is 19.4 Å². The molecule has 1 heterocycles. The largest absolute Gasteiger partial charge is 0.405 e. The van der Waals surface area contributed by atoms with Gasteiger partial charge >= 0.3 is 6.18 Å². The molecule has 1 N–H and O–H groups in total. The Morgan fingerprint density at radius 2 is 1.95 bits per heavy atom. The summed E-state index contributed by atoms with van der Waals surface area (Å²) >= 11 is 0. The Morgan fingerprint density at radius 3 is 2.64 bits per heavy atom. The Morgan fingerprint density at radius 1 is 1.23 bits per heavy atom. The van der Waals surface area contributed by atoms with Crippen LogP contribution in [-0.4, -0.2) is 23.8 Å². The van der Waals surface area contributed by atoms with Crippen molar-refractivity contribution in [3.05, 3.63) is 53.4 Å². The zero-order valence-electron chi connectivity index (χ0n) is 11.4. The molecule has 1 aromatic carbocycles. The number of rotatable bonds is 6. The molecule has 0 spiro atoms. The van der Waals surface area contributed by atoms with Crippen LogP contribution in [0, 0.1) is 0 Å². The summed E-state index contributed by atoms with van der Waals surface area (Å²) in [6.45, 7) is -1.01. The first-order chi connectivity index (χ1) is 10.4. The van der Waals surface area contributed by atoms with E-state index in [1.807, 2.05) is 30.3 Å². The van der Waals surface area contributed by atoms with Gasteiger partial charge in [0.05, 0.1) is 6.61 Å². The Bertz CT molecular complexity index is 611. The van der Waals surface area contributed by atoms with E-state index >= 15 is 0 Å². The summed E-state index contributed by atoms with van der Waals surface area (Å²) < 4.78 is 46.2. The van der Waals surface area contributed by atoms with Crippen LogP contribution in [0.3, 0.4) is 0 Å². The lowest BCUT2D eigenvalue weighted by Crippen LogP contribution is -2.33. The van der Waals surface area contributed by atoms with Gasteiger partial charge in [0.25, 0.3) is 5.91 Å². The Labute approximate surface area is 124 Å². The van der Waals surface area contributed by atoms with Gasteiger partial charge in [-0.25, -0.2) is 0 Å². The fraction of sp³-hybridized carbons (Fsp3) is 0.286. The molecule has 0 fully saturated rings. The van der Waals surface area contributed by atoms with E-state index in [0.717, 1.165) is 5.56 Å². The van der Waals surface area contributed by atoms with Crippen LogP contribution in [0.4, 0.5) is 13.2 Å². The van der Waals surface area contributed by atoms with Crippen LogP contribution in [0.1, 0.15) is 21.8 Å². The van der Waals surface area contributed by atoms with Gasteiger partial charge in [-0.05, 0) is 5.56 Å². The average molecular weight is 314 g/mol. The van der Waals surface area contributed by atoms with Crippen LogP contribution in [0.2, 0.25) is 0 Å². The Hall–Kier alpha value is -2.35. The summed E-state index contributed by atoms with van der Waals surface area (Å²) in [6, 6.07) is 10.6. The molecule has 0 saturated carbocycles. The second kappa shape index (κ2) is 7.08. The van der Waals surface area contributed by atoms with Gasteiger partial charge in [-0.2, -0.15) is 13.2 Å². The number of alkyl halides is 3. The van der Waals surface area contributed by atoms with Crippen molar-refractivity contribution in [3.8, 4) is 0 Å². The summed E-state index contributed by atoms with van der Waals surface area (Å²) in [4.78, 5) is 11.4. The van der Waals surface area contributed by atoms with E-state index in [9.17, 15) is 18.0 Å². The van der Waals surface area contributed by atoms with E-state index in [-0.39, 0.29) is 18.1 Å². The Kier molecular flexibility index (Phi) is 5.16. The number of hydrogen-bond donors (Lipinski definition) is 1. The lowest BCUT2D eigenvalue weighted by molar-refractivity contribution is -0.123. The fourth-order valence-electron chi connectivity index (χ4n) is 1.60. The predicted molar refractivity (Wildman–Crippen MR) is 69.8 cm³/mol. The lowest BCUT2D eigenvalue weighted by Gasteiger charge is -2.05. The molecule has 5 nitrogen and oxygen atoms in total. The molecule has 0 aliphatic carbocycles. The molecule has 2 aromatic rings. The van der Waals surface area contributed by atoms with Crippen LogP contribution in [0.15, 0.2) is 40.9 Å². The number of benzene rings is 1. The number of carbonyl (C=O) groups is 1. The third-order valence-electron chi connectivity index (χ3n) is 2.60. The summed E-state index contributed by atoms with van der Waals surface area (Å²) in [5.41, 5.74) is 0.743. The van der Waals surface area contributed by atoms with Crippen LogP contribution < -0.4 is 5.32 Å². The molecule has 0 unspecified atom stereocenters. The maximum Gasteiger partial charge on any atom is 0.405 e. The number of aromatic nitrogens is 1. The molecular weight excluding hydrogens is 301 g/mol. The highest BCUT2D eigenvalue weighted by Crippen LogP contribution is 2.13. The minimum absolute atomic E-state index is 0.0639. The summed E-state index contributed by atoms with van der Waals surface area (Å²) in [7, 11) is 0. The van der Waals surface area contributed by atoms with Crippen LogP contribution in [-0.2, 0) is 18.0 Å². The minimum atomic E-state index is -4.47. The zero-order valence-corrected chi connectivity index (χ0v) is 11.4. The SMILES string of the molecule is O=C(NCC(F)(F)F)c1cc(COCc2ccccc2)on1. The van der Waals surface area contributed by atoms with Crippen molar-refractivity contribution >= 4 is 5.91 Å². The van der Waals surface area contributed by atoms with Gasteiger partial charge < -0.3 is 14.6 Å². The topological polar surface area (TPSA) is 64.4 Å². The van der Waals surface area contributed by atoms with Crippen molar-refractivity contribution in [3.63, 3.8) is 0 Å². The van der Waals surface area contributed by atoms with Crippen molar-refractivity contribution < 1.29 is 27.2 Å². The molecule has 0 atom stereocenters. The standard InChI is InChI=1S/C14H13F3N2O3/c15-14(16,17)9-18-13(20)12-6-11(22-19-12)8-21-7-10-4-2-1-3-5-10/h1-6H,7-9H2,(H,18,20). The highest BCUT2D eigenvalue weighted by Gasteiger charge is 2.28. The van der Waals surface area contributed by atoms with Gasteiger partial charge in [0.15, 0.2) is 11.5 Å². The molecule has 0 saturated heterocycles. The molecule has 2 rings (SSSR count). The van der Waals surface area contributed by atoms with Gasteiger partial charge in [0.2, 0.25) is 0 Å². The third-order valence-corrected chi connectivity index (χ3v) is 2.60. The molecule has 0 aliphatic rings.